The minimum Gasteiger partial charge on any atom is -0.303 e. The molecular formula is C8H16OS2. The quantitative estimate of drug-likeness (QED) is 0.546. The second kappa shape index (κ2) is 10.7. The monoisotopic (exact) mass is 192 g/mol. The van der Waals surface area contributed by atoms with Gasteiger partial charge in [0.05, 0.1) is 19.5 Å². The highest BCUT2D eigenvalue weighted by Gasteiger charge is 1.89. The summed E-state index contributed by atoms with van der Waals surface area (Å²) >= 11 is 6.36. The Morgan fingerprint density at radius 2 is 1.91 bits per heavy atom. The second-order valence-corrected chi connectivity index (χ2v) is 3.81. The zero-order chi connectivity index (χ0) is 8.36. The Morgan fingerprint density at radius 1 is 1.18 bits per heavy atom. The van der Waals surface area contributed by atoms with E-state index in [9.17, 15) is 0 Å². The molecule has 0 aliphatic carbocycles. The van der Waals surface area contributed by atoms with Crippen molar-refractivity contribution in [1.29, 1.82) is 0 Å². The van der Waals surface area contributed by atoms with E-state index in [-0.39, 0.29) is 0 Å². The summed E-state index contributed by atoms with van der Waals surface area (Å²) in [5, 5.41) is 0. The number of hydrogen-bond donors (Lipinski definition) is 0. The van der Waals surface area contributed by atoms with Gasteiger partial charge in [0, 0.05) is 0 Å². The number of hydrogen-bond acceptors (Lipinski definition) is 2. The molecule has 0 N–H and O–H groups in total. The van der Waals surface area contributed by atoms with Crippen LogP contribution in [0.25, 0.3) is 0 Å². The van der Waals surface area contributed by atoms with Gasteiger partial charge in [-0.2, -0.15) is 11.8 Å². The molecule has 0 atom stereocenters. The van der Waals surface area contributed by atoms with Crippen LogP contribution in [0.3, 0.4) is 0 Å². The molecule has 0 amide bonds. The molecule has 0 aromatic rings. The van der Waals surface area contributed by atoms with E-state index >= 15 is 0 Å². The SMILES string of the molecule is [CH2]CCCSCCCCO[S]. The molecule has 11 heavy (non-hydrogen) atoms. The third-order valence-electron chi connectivity index (χ3n) is 1.31. The second-order valence-electron chi connectivity index (χ2n) is 2.35. The van der Waals surface area contributed by atoms with Crippen molar-refractivity contribution in [3.8, 4) is 0 Å². The van der Waals surface area contributed by atoms with Crippen LogP contribution in [0.5, 0.6) is 0 Å². The van der Waals surface area contributed by atoms with Gasteiger partial charge in [0.2, 0.25) is 0 Å². The first-order chi connectivity index (χ1) is 5.41. The lowest BCUT2D eigenvalue weighted by atomic mass is 10.4. The molecule has 0 bridgehead atoms. The minimum absolute atomic E-state index is 0.727. The van der Waals surface area contributed by atoms with Crippen molar-refractivity contribution in [1.82, 2.24) is 0 Å². The number of thioether (sulfide) groups is 1. The Labute approximate surface area is 79.9 Å². The Bertz CT molecular complexity index is 61.1. The summed E-state index contributed by atoms with van der Waals surface area (Å²) in [6.45, 7) is 4.51. The predicted octanol–water partition coefficient (Wildman–Crippen LogP) is 3.24. The molecule has 0 heterocycles. The topological polar surface area (TPSA) is 9.23 Å². The van der Waals surface area contributed by atoms with Crippen molar-refractivity contribution in [3.05, 3.63) is 6.92 Å². The van der Waals surface area contributed by atoms with Crippen LogP contribution in [0, 0.1) is 6.92 Å². The molecule has 0 spiro atoms. The third-order valence-corrected chi connectivity index (χ3v) is 2.63. The molecule has 0 aromatic carbocycles. The molecule has 0 saturated carbocycles. The van der Waals surface area contributed by atoms with Crippen molar-refractivity contribution in [2.75, 3.05) is 18.1 Å². The van der Waals surface area contributed by atoms with Crippen LogP contribution < -0.4 is 0 Å². The zero-order valence-electron chi connectivity index (χ0n) is 6.88. The fourth-order valence-corrected chi connectivity index (χ4v) is 1.81. The van der Waals surface area contributed by atoms with E-state index in [1.165, 1.54) is 24.3 Å². The van der Waals surface area contributed by atoms with E-state index in [2.05, 4.69) is 24.0 Å². The summed E-state index contributed by atoms with van der Waals surface area (Å²) in [5.41, 5.74) is 0. The molecule has 0 unspecified atom stereocenters. The van der Waals surface area contributed by atoms with Crippen LogP contribution in [0.2, 0.25) is 0 Å². The van der Waals surface area contributed by atoms with Gasteiger partial charge in [0.1, 0.15) is 0 Å². The van der Waals surface area contributed by atoms with Crippen LogP contribution in [0.4, 0.5) is 0 Å². The van der Waals surface area contributed by atoms with Crippen molar-refractivity contribution in [2.24, 2.45) is 0 Å². The van der Waals surface area contributed by atoms with Gasteiger partial charge in [-0.25, -0.2) is 0 Å². The molecule has 2 radical (unpaired) electrons. The van der Waals surface area contributed by atoms with Gasteiger partial charge in [-0.05, 0) is 30.8 Å². The molecule has 66 valence electrons. The van der Waals surface area contributed by atoms with Crippen molar-refractivity contribution >= 4 is 24.7 Å². The van der Waals surface area contributed by atoms with E-state index in [4.69, 9.17) is 0 Å². The lowest BCUT2D eigenvalue weighted by Gasteiger charge is -1.98. The lowest BCUT2D eigenvalue weighted by Crippen LogP contribution is -1.88. The smallest absolute Gasteiger partial charge is 0.0925 e. The Morgan fingerprint density at radius 3 is 2.55 bits per heavy atom. The maximum absolute atomic E-state index is 4.53. The number of rotatable bonds is 8. The highest BCUT2D eigenvalue weighted by Crippen LogP contribution is 2.07. The minimum atomic E-state index is 0.727. The summed E-state index contributed by atoms with van der Waals surface area (Å²) < 4.78 is 4.53. The highest BCUT2D eigenvalue weighted by molar-refractivity contribution is 7.99. The molecule has 0 aromatic heterocycles. The van der Waals surface area contributed by atoms with Crippen LogP contribution in [0.15, 0.2) is 0 Å². The average Bonchev–Trinajstić information content (AvgIpc) is 2.03. The van der Waals surface area contributed by atoms with Gasteiger partial charge in [-0.1, -0.05) is 13.3 Å². The maximum atomic E-state index is 4.53. The summed E-state index contributed by atoms with van der Waals surface area (Å²) in [6, 6.07) is 0. The van der Waals surface area contributed by atoms with Gasteiger partial charge >= 0.3 is 0 Å². The first-order valence-electron chi connectivity index (χ1n) is 4.03. The lowest BCUT2D eigenvalue weighted by molar-refractivity contribution is 0.370. The van der Waals surface area contributed by atoms with Gasteiger partial charge in [0.15, 0.2) is 0 Å². The fraction of sp³-hybridized carbons (Fsp3) is 0.875. The molecule has 1 nitrogen and oxygen atoms in total. The maximum Gasteiger partial charge on any atom is 0.0925 e. The Balaban J connectivity index is 2.69. The predicted molar refractivity (Wildman–Crippen MR) is 54.7 cm³/mol. The highest BCUT2D eigenvalue weighted by atomic mass is 32.2. The standard InChI is InChI=1S/C8H16OS2/c1-2-3-7-11-8-5-4-6-9-10/h1-8H2. The molecule has 0 saturated heterocycles. The summed E-state index contributed by atoms with van der Waals surface area (Å²) in [6.07, 6.45) is 4.61. The van der Waals surface area contributed by atoms with Gasteiger partial charge in [0.25, 0.3) is 0 Å². The number of unbranched alkanes of at least 4 members (excludes halogenated alkanes) is 2. The zero-order valence-corrected chi connectivity index (χ0v) is 8.51. The first kappa shape index (κ1) is 11.7. The van der Waals surface area contributed by atoms with Crippen LogP contribution in [-0.2, 0) is 4.18 Å². The molecule has 0 rings (SSSR count). The van der Waals surface area contributed by atoms with E-state index in [1.54, 1.807) is 0 Å². The molecular weight excluding hydrogens is 176 g/mol. The van der Waals surface area contributed by atoms with Crippen molar-refractivity contribution < 1.29 is 4.18 Å². The molecule has 0 aliphatic rings. The van der Waals surface area contributed by atoms with E-state index in [0.717, 1.165) is 19.4 Å². The van der Waals surface area contributed by atoms with Gasteiger partial charge in [-0.3, -0.25) is 0 Å². The van der Waals surface area contributed by atoms with E-state index < -0.39 is 0 Å². The van der Waals surface area contributed by atoms with Gasteiger partial charge < -0.3 is 4.18 Å². The Hall–Kier alpha value is 0.660. The van der Waals surface area contributed by atoms with Crippen molar-refractivity contribution in [2.45, 2.75) is 25.7 Å². The van der Waals surface area contributed by atoms with Gasteiger partial charge in [-0.15, -0.1) is 0 Å². The average molecular weight is 192 g/mol. The fourth-order valence-electron chi connectivity index (χ4n) is 0.671. The van der Waals surface area contributed by atoms with E-state index in [1.807, 2.05) is 11.8 Å². The summed E-state index contributed by atoms with van der Waals surface area (Å²) in [4.78, 5) is 0. The Kier molecular flexibility index (Phi) is 11.3. The summed E-state index contributed by atoms with van der Waals surface area (Å²) in [5.74, 6) is 2.48. The third kappa shape index (κ3) is 10.7. The molecule has 3 heteroatoms. The summed E-state index contributed by atoms with van der Waals surface area (Å²) in [7, 11) is 0. The van der Waals surface area contributed by atoms with Crippen LogP contribution >= 0.6 is 24.7 Å². The van der Waals surface area contributed by atoms with Crippen LogP contribution in [-0.4, -0.2) is 18.1 Å². The van der Waals surface area contributed by atoms with Crippen LogP contribution in [0.1, 0.15) is 25.7 Å². The normalized spacial score (nSPS) is 10.4. The molecule has 0 fully saturated rings. The van der Waals surface area contributed by atoms with Crippen molar-refractivity contribution in [3.63, 3.8) is 0 Å². The first-order valence-corrected chi connectivity index (χ1v) is 5.52. The molecule has 0 aliphatic heterocycles. The van der Waals surface area contributed by atoms with E-state index in [0.29, 0.717) is 0 Å². The largest absolute Gasteiger partial charge is 0.303 e.